The molecule has 16 heavy (non-hydrogen) atoms. The molecule has 2 nitrogen and oxygen atoms in total. The molecule has 0 radical (unpaired) electrons. The SMILES string of the molecule is CNC(C)(C)Cc1cc(F)cc(F)c1OC. The minimum absolute atomic E-state index is 0.115. The highest BCUT2D eigenvalue weighted by Crippen LogP contribution is 2.27. The molecule has 0 fully saturated rings. The highest BCUT2D eigenvalue weighted by Gasteiger charge is 2.20. The Morgan fingerprint density at radius 1 is 1.31 bits per heavy atom. The van der Waals surface area contributed by atoms with Gasteiger partial charge in [-0.2, -0.15) is 0 Å². The number of nitrogens with one attached hydrogen (secondary N) is 1. The molecule has 90 valence electrons. The van der Waals surface area contributed by atoms with Gasteiger partial charge in [-0.1, -0.05) is 0 Å². The first-order valence-corrected chi connectivity index (χ1v) is 5.10. The fourth-order valence-corrected chi connectivity index (χ4v) is 1.54. The van der Waals surface area contributed by atoms with Crippen LogP contribution >= 0.6 is 0 Å². The number of ether oxygens (including phenoxy) is 1. The zero-order valence-corrected chi connectivity index (χ0v) is 10.0. The number of likely N-dealkylation sites (N-methyl/N-ethyl adjacent to an activating group) is 1. The Bertz CT molecular complexity index is 378. The molecule has 0 spiro atoms. The summed E-state index contributed by atoms with van der Waals surface area (Å²) in [6, 6.07) is 2.13. The first-order chi connectivity index (χ1) is 7.39. The van der Waals surface area contributed by atoms with Gasteiger partial charge in [0.05, 0.1) is 7.11 Å². The normalized spacial score (nSPS) is 11.6. The van der Waals surface area contributed by atoms with Gasteiger partial charge in [-0.3, -0.25) is 0 Å². The molecule has 0 aliphatic heterocycles. The van der Waals surface area contributed by atoms with Crippen molar-refractivity contribution in [2.24, 2.45) is 0 Å². The van der Waals surface area contributed by atoms with E-state index in [1.165, 1.54) is 13.2 Å². The summed E-state index contributed by atoms with van der Waals surface area (Å²) >= 11 is 0. The molecule has 0 atom stereocenters. The molecule has 0 saturated carbocycles. The van der Waals surface area contributed by atoms with Gasteiger partial charge in [-0.25, -0.2) is 8.78 Å². The first-order valence-electron chi connectivity index (χ1n) is 5.10. The molecule has 1 N–H and O–H groups in total. The van der Waals surface area contributed by atoms with E-state index in [4.69, 9.17) is 4.74 Å². The van der Waals surface area contributed by atoms with Crippen molar-refractivity contribution in [3.05, 3.63) is 29.3 Å². The van der Waals surface area contributed by atoms with E-state index in [-0.39, 0.29) is 11.3 Å². The predicted molar refractivity (Wildman–Crippen MR) is 59.8 cm³/mol. The average molecular weight is 229 g/mol. The highest BCUT2D eigenvalue weighted by atomic mass is 19.1. The molecule has 4 heteroatoms. The summed E-state index contributed by atoms with van der Waals surface area (Å²) in [7, 11) is 3.19. The van der Waals surface area contributed by atoms with Crippen LogP contribution in [0.3, 0.4) is 0 Å². The van der Waals surface area contributed by atoms with Crippen LogP contribution in [0.5, 0.6) is 5.75 Å². The number of hydrogen-bond donors (Lipinski definition) is 1. The zero-order valence-electron chi connectivity index (χ0n) is 10.0. The van der Waals surface area contributed by atoms with Crippen molar-refractivity contribution in [3.63, 3.8) is 0 Å². The lowest BCUT2D eigenvalue weighted by molar-refractivity contribution is 0.364. The van der Waals surface area contributed by atoms with E-state index in [0.717, 1.165) is 6.07 Å². The summed E-state index contributed by atoms with van der Waals surface area (Å²) in [5, 5.41) is 3.08. The van der Waals surface area contributed by atoms with Gasteiger partial charge in [-0.05, 0) is 33.4 Å². The molecule has 0 saturated heterocycles. The van der Waals surface area contributed by atoms with Crippen molar-refractivity contribution >= 4 is 0 Å². The Kier molecular flexibility index (Phi) is 3.86. The molecular weight excluding hydrogens is 212 g/mol. The van der Waals surface area contributed by atoms with Gasteiger partial charge in [-0.15, -0.1) is 0 Å². The van der Waals surface area contributed by atoms with Crippen molar-refractivity contribution in [3.8, 4) is 5.75 Å². The van der Waals surface area contributed by atoms with E-state index in [1.54, 1.807) is 0 Å². The van der Waals surface area contributed by atoms with Gasteiger partial charge in [0, 0.05) is 17.2 Å². The van der Waals surface area contributed by atoms with Crippen LogP contribution in [0.1, 0.15) is 19.4 Å². The van der Waals surface area contributed by atoms with Crippen LogP contribution < -0.4 is 10.1 Å². The maximum atomic E-state index is 13.4. The van der Waals surface area contributed by atoms with E-state index in [1.807, 2.05) is 20.9 Å². The zero-order chi connectivity index (χ0) is 12.3. The molecule has 0 amide bonds. The quantitative estimate of drug-likeness (QED) is 0.856. The third kappa shape index (κ3) is 2.92. The average Bonchev–Trinajstić information content (AvgIpc) is 2.16. The Morgan fingerprint density at radius 3 is 2.44 bits per heavy atom. The molecule has 0 aliphatic rings. The Balaban J connectivity index is 3.12. The van der Waals surface area contributed by atoms with Crippen LogP contribution in [-0.2, 0) is 6.42 Å². The highest BCUT2D eigenvalue weighted by molar-refractivity contribution is 5.36. The standard InChI is InChI=1S/C12H17F2NO/c1-12(2,15-3)7-8-5-9(13)6-10(14)11(8)16-4/h5-6,15H,7H2,1-4H3. The molecule has 0 heterocycles. The fourth-order valence-electron chi connectivity index (χ4n) is 1.54. The monoisotopic (exact) mass is 229 g/mol. The lowest BCUT2D eigenvalue weighted by Gasteiger charge is -2.25. The van der Waals surface area contributed by atoms with Crippen molar-refractivity contribution in [1.82, 2.24) is 5.32 Å². The molecule has 0 aromatic heterocycles. The van der Waals surface area contributed by atoms with Gasteiger partial charge in [0.2, 0.25) is 0 Å². The van der Waals surface area contributed by atoms with Crippen molar-refractivity contribution in [2.45, 2.75) is 25.8 Å². The minimum Gasteiger partial charge on any atom is -0.493 e. The van der Waals surface area contributed by atoms with Crippen LogP contribution in [0.25, 0.3) is 0 Å². The van der Waals surface area contributed by atoms with Crippen LogP contribution in [0, 0.1) is 11.6 Å². The third-order valence-electron chi connectivity index (χ3n) is 2.60. The molecular formula is C12H17F2NO. The van der Waals surface area contributed by atoms with Crippen LogP contribution in [0.4, 0.5) is 8.78 Å². The maximum Gasteiger partial charge on any atom is 0.168 e. The Hall–Kier alpha value is -1.16. The van der Waals surface area contributed by atoms with Crippen LogP contribution in [-0.4, -0.2) is 19.7 Å². The molecule has 0 aliphatic carbocycles. The van der Waals surface area contributed by atoms with E-state index >= 15 is 0 Å². The topological polar surface area (TPSA) is 21.3 Å². The van der Waals surface area contributed by atoms with E-state index in [9.17, 15) is 8.78 Å². The van der Waals surface area contributed by atoms with Crippen molar-refractivity contribution < 1.29 is 13.5 Å². The van der Waals surface area contributed by atoms with E-state index < -0.39 is 11.6 Å². The number of benzene rings is 1. The fraction of sp³-hybridized carbons (Fsp3) is 0.500. The predicted octanol–water partition coefficient (Wildman–Crippen LogP) is 2.51. The molecule has 1 rings (SSSR count). The second kappa shape index (κ2) is 4.78. The summed E-state index contributed by atoms with van der Waals surface area (Å²) in [4.78, 5) is 0. The van der Waals surface area contributed by atoms with Gasteiger partial charge in [0.25, 0.3) is 0 Å². The van der Waals surface area contributed by atoms with Crippen LogP contribution in [0.2, 0.25) is 0 Å². The molecule has 0 unspecified atom stereocenters. The number of methoxy groups -OCH3 is 1. The Morgan fingerprint density at radius 2 is 1.94 bits per heavy atom. The van der Waals surface area contributed by atoms with Crippen LogP contribution in [0.15, 0.2) is 12.1 Å². The lowest BCUT2D eigenvalue weighted by atomic mass is 9.94. The summed E-state index contributed by atoms with van der Waals surface area (Å²) in [6.45, 7) is 3.91. The second-order valence-electron chi connectivity index (χ2n) is 4.39. The summed E-state index contributed by atoms with van der Waals surface area (Å²) < 4.78 is 31.5. The van der Waals surface area contributed by atoms with Crippen molar-refractivity contribution in [1.29, 1.82) is 0 Å². The largest absolute Gasteiger partial charge is 0.493 e. The summed E-state index contributed by atoms with van der Waals surface area (Å²) in [5.74, 6) is -1.13. The van der Waals surface area contributed by atoms with E-state index in [2.05, 4.69) is 5.32 Å². The van der Waals surface area contributed by atoms with Crippen molar-refractivity contribution in [2.75, 3.05) is 14.2 Å². The Labute approximate surface area is 94.6 Å². The van der Waals surface area contributed by atoms with E-state index in [0.29, 0.717) is 12.0 Å². The van der Waals surface area contributed by atoms with Gasteiger partial charge < -0.3 is 10.1 Å². The first kappa shape index (κ1) is 12.9. The number of hydrogen-bond acceptors (Lipinski definition) is 2. The van der Waals surface area contributed by atoms with Gasteiger partial charge in [0.15, 0.2) is 11.6 Å². The molecule has 0 bridgehead atoms. The number of halogens is 2. The van der Waals surface area contributed by atoms with Gasteiger partial charge >= 0.3 is 0 Å². The maximum absolute atomic E-state index is 13.4. The van der Waals surface area contributed by atoms with Gasteiger partial charge in [0.1, 0.15) is 5.82 Å². The minimum atomic E-state index is -0.663. The number of rotatable bonds is 4. The third-order valence-corrected chi connectivity index (χ3v) is 2.60. The summed E-state index contributed by atoms with van der Waals surface area (Å²) in [6.07, 6.45) is 0.487. The smallest absolute Gasteiger partial charge is 0.168 e. The molecule has 1 aromatic rings. The molecule has 1 aromatic carbocycles. The lowest BCUT2D eigenvalue weighted by Crippen LogP contribution is -2.38. The summed E-state index contributed by atoms with van der Waals surface area (Å²) in [5.41, 5.74) is 0.285. The second-order valence-corrected chi connectivity index (χ2v) is 4.39.